The molecule has 1 N–H and O–H groups in total. The summed E-state index contributed by atoms with van der Waals surface area (Å²) in [6.45, 7) is 15.1. The van der Waals surface area contributed by atoms with E-state index in [-0.39, 0.29) is 67.7 Å². The highest BCUT2D eigenvalue weighted by Crippen LogP contribution is 2.42. The number of unbranched alkanes of at least 4 members (excludes halogenated alkanes) is 1. The first-order chi connectivity index (χ1) is 27.7. The molecular formula is C46H86FN7O9S. The molecule has 13 atom stereocenters. The number of hydrogen-bond acceptors (Lipinski definition) is 15. The maximum atomic E-state index is 17.0. The van der Waals surface area contributed by atoms with Gasteiger partial charge in [0.05, 0.1) is 30.0 Å². The molecule has 372 valence electrons. The first-order valence-corrected chi connectivity index (χ1v) is 21.7. The summed E-state index contributed by atoms with van der Waals surface area (Å²) in [5.41, 5.74) is -5.06. The van der Waals surface area contributed by atoms with Gasteiger partial charge in [-0.25, -0.2) is 19.0 Å². The van der Waals surface area contributed by atoms with E-state index in [4.69, 9.17) is 23.7 Å². The molecule has 3 fully saturated rings. The number of thiazole rings is 1. The molecule has 0 aromatic carbocycles. The lowest BCUT2D eigenvalue weighted by molar-refractivity contribution is -0.295. The van der Waals surface area contributed by atoms with Crippen LogP contribution in [0.1, 0.15) is 125 Å². The van der Waals surface area contributed by atoms with Gasteiger partial charge in [-0.2, -0.15) is 0 Å². The number of cyclic esters (lactones) is 1. The Bertz CT molecular complexity index is 1740. The molecule has 0 saturated carbocycles. The van der Waals surface area contributed by atoms with Crippen molar-refractivity contribution in [3.8, 4) is 10.7 Å². The van der Waals surface area contributed by atoms with Gasteiger partial charge in [0.1, 0.15) is 22.9 Å². The van der Waals surface area contributed by atoms with Crippen LogP contribution in [-0.2, 0) is 39.8 Å². The summed E-state index contributed by atoms with van der Waals surface area (Å²) in [7, 11) is 7.19. The minimum absolute atomic E-state index is 0. The minimum Gasteiger partial charge on any atom is -0.455 e. The highest BCUT2D eigenvalue weighted by molar-refractivity contribution is 7.13. The summed E-state index contributed by atoms with van der Waals surface area (Å²) in [6, 6.07) is -1.27. The van der Waals surface area contributed by atoms with Gasteiger partial charge in [0, 0.05) is 56.3 Å². The Kier molecular flexibility index (Phi) is 23.4. The monoisotopic (exact) mass is 932 g/mol. The van der Waals surface area contributed by atoms with Gasteiger partial charge in [0.25, 0.3) is 5.67 Å². The van der Waals surface area contributed by atoms with Crippen LogP contribution in [0, 0.1) is 11.8 Å². The Morgan fingerprint density at radius 1 is 1.03 bits per heavy atom. The fourth-order valence-electron chi connectivity index (χ4n) is 9.44. The van der Waals surface area contributed by atoms with Crippen molar-refractivity contribution in [3.63, 3.8) is 0 Å². The van der Waals surface area contributed by atoms with E-state index in [2.05, 4.69) is 27.1 Å². The number of rotatable bonds is 11. The number of esters is 1. The van der Waals surface area contributed by atoms with Gasteiger partial charge in [0.15, 0.2) is 17.7 Å². The molecule has 5 rings (SSSR count). The van der Waals surface area contributed by atoms with E-state index in [9.17, 15) is 19.5 Å². The minimum atomic E-state index is -3.13. The molecule has 16 nitrogen and oxygen atoms in total. The van der Waals surface area contributed by atoms with Crippen molar-refractivity contribution in [2.75, 3.05) is 41.3 Å². The number of aliphatic hydroxyl groups is 1. The van der Waals surface area contributed by atoms with Gasteiger partial charge < -0.3 is 38.6 Å². The summed E-state index contributed by atoms with van der Waals surface area (Å²) in [5.74, 6) is -3.82. The van der Waals surface area contributed by atoms with Crippen molar-refractivity contribution >= 4 is 29.2 Å². The Balaban J connectivity index is 0.00000794. The molecule has 3 aliphatic rings. The van der Waals surface area contributed by atoms with E-state index in [0.29, 0.717) is 51.0 Å². The van der Waals surface area contributed by atoms with E-state index < -0.39 is 71.3 Å². The number of halogens is 1. The third-order valence-corrected chi connectivity index (χ3v) is 13.6. The van der Waals surface area contributed by atoms with Crippen molar-refractivity contribution in [3.05, 3.63) is 17.8 Å². The zero-order valence-electron chi connectivity index (χ0n) is 36.8. The summed E-state index contributed by atoms with van der Waals surface area (Å²) in [4.78, 5) is 52.2. The van der Waals surface area contributed by atoms with Gasteiger partial charge >= 0.3 is 12.1 Å². The van der Waals surface area contributed by atoms with Gasteiger partial charge in [-0.1, -0.05) is 63.1 Å². The van der Waals surface area contributed by atoms with E-state index in [0.717, 1.165) is 11.9 Å². The normalized spacial score (nSPS) is 35.2. The number of Topliss-reactive ketones (excluding diaryl/α,β-unsaturated/α-hetero) is 1. The van der Waals surface area contributed by atoms with Crippen molar-refractivity contribution < 1.29 is 47.6 Å². The van der Waals surface area contributed by atoms with E-state index in [1.54, 1.807) is 36.5 Å². The van der Waals surface area contributed by atoms with Crippen molar-refractivity contribution in [2.45, 2.75) is 197 Å². The number of methoxy groups -OCH3 is 1. The predicted molar refractivity (Wildman–Crippen MR) is 252 cm³/mol. The van der Waals surface area contributed by atoms with E-state index in [1.807, 2.05) is 51.5 Å². The quantitative estimate of drug-likeness (QED) is 0.132. The maximum absolute atomic E-state index is 17.0. The molecule has 0 aliphatic carbocycles. The van der Waals surface area contributed by atoms with Crippen molar-refractivity contribution in [2.24, 2.45) is 11.8 Å². The third kappa shape index (κ3) is 12.6. The van der Waals surface area contributed by atoms with Crippen molar-refractivity contribution in [1.82, 2.24) is 34.7 Å². The molecule has 2 aromatic rings. The number of amides is 1. The highest BCUT2D eigenvalue weighted by atomic mass is 32.1. The van der Waals surface area contributed by atoms with E-state index >= 15 is 4.39 Å². The molecular weight excluding hydrogens is 846 g/mol. The number of alkyl halides is 1. The van der Waals surface area contributed by atoms with Crippen LogP contribution in [0.25, 0.3) is 10.7 Å². The highest BCUT2D eigenvalue weighted by Gasteiger charge is 2.61. The number of likely N-dealkylation sites (N-methyl/N-ethyl adjacent to an activating group) is 2. The largest absolute Gasteiger partial charge is 0.455 e. The lowest BCUT2D eigenvalue weighted by Crippen LogP contribution is -2.61. The zero-order valence-corrected chi connectivity index (χ0v) is 37.6. The fraction of sp³-hybridized carbons (Fsp3) is 0.826. The lowest BCUT2D eigenvalue weighted by Gasteiger charge is -2.47. The number of fused-ring (bicyclic) bond motifs is 1. The van der Waals surface area contributed by atoms with Crippen LogP contribution in [0.3, 0.4) is 0 Å². The predicted octanol–water partition coefficient (Wildman–Crippen LogP) is 7.77. The number of hydrogen-bond donors (Lipinski definition) is 1. The second kappa shape index (κ2) is 24.6. The van der Waals surface area contributed by atoms with Crippen LogP contribution in [-0.4, -0.2) is 165 Å². The molecule has 5 heterocycles. The summed E-state index contributed by atoms with van der Waals surface area (Å²) in [5, 5.41) is 22.6. The molecule has 0 radical (unpaired) electrons. The topological polar surface area (TPSA) is 171 Å². The fourth-order valence-corrected chi connectivity index (χ4v) is 10.0. The first-order valence-electron chi connectivity index (χ1n) is 20.8. The molecule has 0 bridgehead atoms. The van der Waals surface area contributed by atoms with Crippen LogP contribution in [0.15, 0.2) is 17.8 Å². The second-order valence-electron chi connectivity index (χ2n) is 17.7. The van der Waals surface area contributed by atoms with Crippen LogP contribution < -0.4 is 0 Å². The van der Waals surface area contributed by atoms with Gasteiger partial charge in [-0.3, -0.25) is 14.4 Å². The number of carbonyl (C=O) groups is 3. The molecule has 64 heavy (non-hydrogen) atoms. The van der Waals surface area contributed by atoms with Gasteiger partial charge in [0.2, 0.25) is 0 Å². The molecule has 1 amide bonds. The zero-order chi connectivity index (χ0) is 43.6. The third-order valence-electron chi connectivity index (χ3n) is 12.8. The average molecular weight is 932 g/mol. The number of aromatic nitrogens is 4. The lowest BCUT2D eigenvalue weighted by atomic mass is 9.77. The van der Waals surface area contributed by atoms with Crippen molar-refractivity contribution in [1.29, 1.82) is 0 Å². The Hall–Kier alpha value is -3.13. The summed E-state index contributed by atoms with van der Waals surface area (Å²) < 4.78 is 49.8. The van der Waals surface area contributed by atoms with Crippen LogP contribution in [0.4, 0.5) is 9.18 Å². The van der Waals surface area contributed by atoms with Crippen LogP contribution in [0.2, 0.25) is 0 Å². The van der Waals surface area contributed by atoms with Crippen LogP contribution in [0.5, 0.6) is 0 Å². The summed E-state index contributed by atoms with van der Waals surface area (Å²) >= 11 is 1.48. The molecule has 4 unspecified atom stereocenters. The number of aliphatic hydroxyl groups excluding tert-OH is 1. The second-order valence-corrected chi connectivity index (χ2v) is 18.6. The summed E-state index contributed by atoms with van der Waals surface area (Å²) in [6.07, 6.45) is 0.557. The van der Waals surface area contributed by atoms with E-state index in [1.165, 1.54) is 25.4 Å². The standard InChI is InChI=1S/C41H66FN7O9S.5CH4/c1-13-30-41(8)32(49(38(53)58-41)18-15-14-17-48-23-28(44-45-48)35-43-16-19-59-35)27(5)47(11)22-24(2)21-39(6,54-12)34(26(4)33(51)40(7,42)37(52)56-30)57-36-31(50)29(46(9)10)20-25(3)55-36;;;;;/h16,19,23-27,29-32,34,36,50H,13-15,17-18,20-22H2,1-12H3;5*1H4/t24-,25?,26-,27-,29?,30-,31?,32-,34-,36+,39-,40?,41-;;;;;/m1...../s1. The smallest absolute Gasteiger partial charge is 0.410 e. The average Bonchev–Trinajstić information content (AvgIpc) is 3.94. The molecule has 3 aliphatic heterocycles. The number of ether oxygens (including phenoxy) is 5. The Labute approximate surface area is 388 Å². The number of carbonyl (C=O) groups excluding carboxylic acids is 3. The Morgan fingerprint density at radius 2 is 1.67 bits per heavy atom. The maximum Gasteiger partial charge on any atom is 0.410 e. The molecule has 18 heteroatoms. The number of aryl methyl sites for hydroxylation is 1. The molecule has 0 spiro atoms. The molecule has 2 aromatic heterocycles. The SMILES string of the molecule is C.C.C.C.C.CC[C@H]1OC(=O)C(C)(F)C(=O)[C@@H](C)[C@@H](O[C@@H]2OC(C)CC(N(C)C)C2O)[C@](C)(OC)C[C@@H](C)CN(C)[C@H](C)[C@H]2N(CCCCn3cc(-c4nccs4)nn3)C(=O)O[C@]12C. The first kappa shape index (κ1) is 60.9. The Morgan fingerprint density at radius 3 is 2.25 bits per heavy atom. The number of ketones is 1. The number of nitrogens with zero attached hydrogens (tertiary/aromatic N) is 7. The van der Waals surface area contributed by atoms with Crippen LogP contribution >= 0.6 is 11.3 Å². The van der Waals surface area contributed by atoms with Gasteiger partial charge in [-0.15, -0.1) is 16.4 Å². The molecule has 3 saturated heterocycles. The van der Waals surface area contributed by atoms with Gasteiger partial charge in [-0.05, 0) is 93.8 Å².